The highest BCUT2D eigenvalue weighted by Crippen LogP contribution is 2.30. The molecule has 1 aliphatic rings. The molecular weight excluding hydrogens is 470 g/mol. The Hall–Kier alpha value is -3.57. The highest BCUT2D eigenvalue weighted by molar-refractivity contribution is 5.90. The quantitative estimate of drug-likeness (QED) is 0.444. The molecule has 0 radical (unpaired) electrons. The molecule has 4 rings (SSSR count). The average molecular weight is 501 g/mol. The van der Waals surface area contributed by atoms with Gasteiger partial charge in [-0.15, -0.1) is 5.10 Å². The van der Waals surface area contributed by atoms with Crippen LogP contribution in [0.5, 0.6) is 5.88 Å². The number of carbonyl (C=O) groups is 1. The van der Waals surface area contributed by atoms with E-state index in [1.165, 1.54) is 6.07 Å². The molecule has 0 bridgehead atoms. The van der Waals surface area contributed by atoms with Crippen LogP contribution < -0.4 is 15.4 Å². The molecule has 0 aliphatic carbocycles. The summed E-state index contributed by atoms with van der Waals surface area (Å²) in [6.07, 6.45) is 2.79. The molecule has 2 amide bonds. The van der Waals surface area contributed by atoms with Gasteiger partial charge in [0.25, 0.3) is 0 Å². The van der Waals surface area contributed by atoms with Gasteiger partial charge in [0.15, 0.2) is 0 Å². The highest BCUT2D eigenvalue weighted by Gasteiger charge is 2.35. The largest absolute Gasteiger partial charge is 0.474 e. The number of hydrogen-bond donors (Lipinski definition) is 2. The summed E-state index contributed by atoms with van der Waals surface area (Å²) in [4.78, 5) is 19.3. The number of ether oxygens (including phenoxy) is 2. The van der Waals surface area contributed by atoms with E-state index >= 15 is 0 Å². The molecular formula is C25H30F2N6O3. The van der Waals surface area contributed by atoms with Gasteiger partial charge in [-0.2, -0.15) is 0 Å². The molecule has 2 N–H and O–H groups in total. The van der Waals surface area contributed by atoms with E-state index in [0.717, 1.165) is 6.20 Å². The lowest BCUT2D eigenvalue weighted by Gasteiger charge is -2.20. The Morgan fingerprint density at radius 1 is 1.19 bits per heavy atom. The third-order valence-corrected chi connectivity index (χ3v) is 6.11. The van der Waals surface area contributed by atoms with E-state index in [-0.39, 0.29) is 24.4 Å². The molecule has 2 aromatic heterocycles. The lowest BCUT2D eigenvalue weighted by Crippen LogP contribution is -2.42. The number of likely N-dealkylation sites (tertiary alicyclic amines) is 1. The van der Waals surface area contributed by atoms with E-state index in [9.17, 15) is 13.6 Å². The van der Waals surface area contributed by atoms with Crippen LogP contribution in [0.15, 0.2) is 48.8 Å². The fourth-order valence-electron chi connectivity index (χ4n) is 4.37. The summed E-state index contributed by atoms with van der Waals surface area (Å²) < 4.78 is 38.8. The van der Waals surface area contributed by atoms with Gasteiger partial charge in [-0.05, 0) is 30.7 Å². The first kappa shape index (κ1) is 25.5. The third-order valence-electron chi connectivity index (χ3n) is 6.11. The number of aromatic nitrogens is 3. The van der Waals surface area contributed by atoms with Crippen molar-refractivity contribution in [2.75, 3.05) is 51.9 Å². The monoisotopic (exact) mass is 500 g/mol. The average Bonchev–Trinajstić information content (AvgIpc) is 3.42. The van der Waals surface area contributed by atoms with Gasteiger partial charge in [0.05, 0.1) is 30.1 Å². The molecule has 9 nitrogen and oxygen atoms in total. The van der Waals surface area contributed by atoms with E-state index < -0.39 is 18.5 Å². The number of nitrogens with one attached hydrogen (secondary N) is 2. The van der Waals surface area contributed by atoms with Gasteiger partial charge in [0, 0.05) is 38.9 Å². The summed E-state index contributed by atoms with van der Waals surface area (Å²) >= 11 is 0. The van der Waals surface area contributed by atoms with E-state index in [0.29, 0.717) is 48.9 Å². The van der Waals surface area contributed by atoms with Crippen molar-refractivity contribution < 1.29 is 23.0 Å². The second kappa shape index (κ2) is 11.9. The number of alkyl halides is 1. The van der Waals surface area contributed by atoms with E-state index in [2.05, 4.69) is 25.6 Å². The van der Waals surface area contributed by atoms with Crippen molar-refractivity contribution in [3.63, 3.8) is 0 Å². The predicted molar refractivity (Wildman–Crippen MR) is 131 cm³/mol. The Bertz CT molecular complexity index is 1160. The molecule has 3 heterocycles. The number of amides is 2. The molecule has 1 aliphatic heterocycles. The van der Waals surface area contributed by atoms with Crippen LogP contribution >= 0.6 is 0 Å². The number of para-hydroxylation sites is 1. The summed E-state index contributed by atoms with van der Waals surface area (Å²) in [5.41, 5.74) is 2.00. The van der Waals surface area contributed by atoms with E-state index in [1.54, 1.807) is 24.9 Å². The standard InChI is InChI=1S/C25H30F2N6O3/c1-17-23(33(20-6-4-3-5-7-20)31-24(17)36-10-8-26)30-25(34)29-22-16-32(9-11-35-2)15-21(22)18-12-19(27)14-28-13-18/h3-7,12-14,21-22H,8-11,15-16H2,1-2H3,(H2,29,30,34)/t21-,22+/m1/s1. The molecule has 0 unspecified atom stereocenters. The number of halogens is 2. The second-order valence-electron chi connectivity index (χ2n) is 8.56. The number of urea groups is 1. The Labute approximate surface area is 208 Å². The maximum atomic E-state index is 13.9. The van der Waals surface area contributed by atoms with Gasteiger partial charge in [0.1, 0.15) is 24.9 Å². The van der Waals surface area contributed by atoms with Gasteiger partial charge >= 0.3 is 6.03 Å². The highest BCUT2D eigenvalue weighted by atomic mass is 19.1. The first-order valence-electron chi connectivity index (χ1n) is 11.7. The van der Waals surface area contributed by atoms with Crippen LogP contribution in [0.25, 0.3) is 5.69 Å². The van der Waals surface area contributed by atoms with E-state index in [1.807, 2.05) is 30.3 Å². The fourth-order valence-corrected chi connectivity index (χ4v) is 4.37. The normalized spacial score (nSPS) is 17.8. The van der Waals surface area contributed by atoms with Gasteiger partial charge in [-0.3, -0.25) is 15.2 Å². The van der Waals surface area contributed by atoms with Crippen molar-refractivity contribution >= 4 is 11.8 Å². The lowest BCUT2D eigenvalue weighted by atomic mass is 9.96. The maximum absolute atomic E-state index is 13.9. The molecule has 1 aromatic carbocycles. The van der Waals surface area contributed by atoms with Crippen LogP contribution in [0.4, 0.5) is 19.4 Å². The zero-order valence-corrected chi connectivity index (χ0v) is 20.3. The zero-order chi connectivity index (χ0) is 25.5. The maximum Gasteiger partial charge on any atom is 0.320 e. The molecule has 3 aromatic rings. The summed E-state index contributed by atoms with van der Waals surface area (Å²) in [6, 6.07) is 9.97. The van der Waals surface area contributed by atoms with E-state index in [4.69, 9.17) is 9.47 Å². The molecule has 1 saturated heterocycles. The SMILES string of the molecule is COCCN1C[C@H](NC(=O)Nc2c(C)c(OCCF)nn2-c2ccccc2)[C@@H](c2cncc(F)c2)C1. The summed E-state index contributed by atoms with van der Waals surface area (Å²) in [7, 11) is 1.64. The Kier molecular flexibility index (Phi) is 8.44. The van der Waals surface area contributed by atoms with Crippen LogP contribution in [-0.2, 0) is 4.74 Å². The summed E-state index contributed by atoms with van der Waals surface area (Å²) in [5.74, 6) is 0.0708. The van der Waals surface area contributed by atoms with Crippen molar-refractivity contribution in [1.29, 1.82) is 0 Å². The number of benzene rings is 1. The zero-order valence-electron chi connectivity index (χ0n) is 20.3. The van der Waals surface area contributed by atoms with Gasteiger partial charge in [-0.25, -0.2) is 18.3 Å². The van der Waals surface area contributed by atoms with Crippen LogP contribution in [0, 0.1) is 12.7 Å². The molecule has 2 atom stereocenters. The van der Waals surface area contributed by atoms with Crippen molar-refractivity contribution in [1.82, 2.24) is 25.0 Å². The van der Waals surface area contributed by atoms with Gasteiger partial charge in [0.2, 0.25) is 5.88 Å². The number of methoxy groups -OCH3 is 1. The number of hydrogen-bond acceptors (Lipinski definition) is 6. The van der Waals surface area contributed by atoms with Crippen LogP contribution in [0.1, 0.15) is 17.0 Å². The number of rotatable bonds is 10. The smallest absolute Gasteiger partial charge is 0.320 e. The van der Waals surface area contributed by atoms with Gasteiger partial charge in [-0.1, -0.05) is 18.2 Å². The minimum atomic E-state index is -0.654. The Morgan fingerprint density at radius 2 is 2.00 bits per heavy atom. The molecule has 11 heteroatoms. The molecule has 36 heavy (non-hydrogen) atoms. The molecule has 0 spiro atoms. The lowest BCUT2D eigenvalue weighted by molar-refractivity contribution is 0.159. The van der Waals surface area contributed by atoms with Crippen LogP contribution in [0.2, 0.25) is 0 Å². The summed E-state index contributed by atoms with van der Waals surface area (Å²) in [5, 5.41) is 10.4. The molecule has 1 fully saturated rings. The van der Waals surface area contributed by atoms with Crippen molar-refractivity contribution in [2.24, 2.45) is 0 Å². The van der Waals surface area contributed by atoms with Crippen LogP contribution in [-0.4, -0.2) is 78.4 Å². The Balaban J connectivity index is 1.55. The fraction of sp³-hybridized carbons (Fsp3) is 0.400. The number of pyridine rings is 1. The molecule has 192 valence electrons. The Morgan fingerprint density at radius 3 is 2.72 bits per heavy atom. The number of anilines is 1. The first-order valence-corrected chi connectivity index (χ1v) is 11.7. The molecule has 0 saturated carbocycles. The van der Waals surface area contributed by atoms with Crippen molar-refractivity contribution in [2.45, 2.75) is 18.9 Å². The predicted octanol–water partition coefficient (Wildman–Crippen LogP) is 3.30. The minimum Gasteiger partial charge on any atom is -0.474 e. The second-order valence-corrected chi connectivity index (χ2v) is 8.56. The number of carbonyl (C=O) groups excluding carboxylic acids is 1. The third kappa shape index (κ3) is 5.97. The van der Waals surface area contributed by atoms with Gasteiger partial charge < -0.3 is 14.8 Å². The van der Waals surface area contributed by atoms with Crippen molar-refractivity contribution in [3.05, 3.63) is 65.7 Å². The number of nitrogens with zero attached hydrogens (tertiary/aromatic N) is 4. The first-order chi connectivity index (χ1) is 17.5. The topological polar surface area (TPSA) is 93.5 Å². The van der Waals surface area contributed by atoms with Crippen molar-refractivity contribution in [3.8, 4) is 11.6 Å². The minimum absolute atomic E-state index is 0.138. The summed E-state index contributed by atoms with van der Waals surface area (Å²) in [6.45, 7) is 3.38. The van der Waals surface area contributed by atoms with Crippen LogP contribution in [0.3, 0.4) is 0 Å².